The van der Waals surface area contributed by atoms with Crippen molar-refractivity contribution in [3.8, 4) is 11.5 Å². The number of halogens is 1. The minimum Gasteiger partial charge on any atom is -0.497 e. The Morgan fingerprint density at radius 1 is 0.569 bits per heavy atom. The molecule has 0 aliphatic heterocycles. The van der Waals surface area contributed by atoms with Gasteiger partial charge in [0, 0.05) is 22.3 Å². The number of hydrogen-bond donors (Lipinski definition) is 4. The van der Waals surface area contributed by atoms with Gasteiger partial charge in [-0.25, -0.2) is 0 Å². The molecule has 0 aliphatic carbocycles. The molecule has 0 fully saturated rings. The second-order valence-corrected chi connectivity index (χ2v) is 12.7. The summed E-state index contributed by atoms with van der Waals surface area (Å²) >= 11 is 8.00. The van der Waals surface area contributed by atoms with Crippen LogP contribution in [0.1, 0.15) is 51.2 Å². The predicted molar refractivity (Wildman–Crippen MR) is 206 cm³/mol. The Kier molecular flexibility index (Phi) is 13.5. The molecular formula is C38H33ClN4O6S2. The Hall–Kier alpha value is -5.95. The summed E-state index contributed by atoms with van der Waals surface area (Å²) in [5.41, 5.74) is 20.9. The van der Waals surface area contributed by atoms with Crippen molar-refractivity contribution >= 4 is 79.7 Å². The van der Waals surface area contributed by atoms with Gasteiger partial charge in [0.2, 0.25) is 11.6 Å². The second kappa shape index (κ2) is 18.2. The molecule has 260 valence electrons. The lowest BCUT2D eigenvalue weighted by atomic mass is 10.1. The van der Waals surface area contributed by atoms with Crippen molar-refractivity contribution in [3.63, 3.8) is 0 Å². The number of ketones is 2. The van der Waals surface area contributed by atoms with Gasteiger partial charge in [0.25, 0.3) is 11.1 Å². The summed E-state index contributed by atoms with van der Waals surface area (Å²) in [7, 11) is 3.13. The van der Waals surface area contributed by atoms with E-state index in [4.69, 9.17) is 38.3 Å². The quantitative estimate of drug-likeness (QED) is 0.0649. The predicted octanol–water partition coefficient (Wildman–Crippen LogP) is 8.04. The monoisotopic (exact) mass is 740 g/mol. The van der Waals surface area contributed by atoms with Gasteiger partial charge in [0.1, 0.15) is 11.5 Å². The van der Waals surface area contributed by atoms with Gasteiger partial charge in [-0.05, 0) is 119 Å². The number of nitrogens with two attached hydrogens (primary N) is 3. The van der Waals surface area contributed by atoms with Crippen molar-refractivity contribution in [2.45, 2.75) is 0 Å². The summed E-state index contributed by atoms with van der Waals surface area (Å²) in [6.45, 7) is 0. The fourth-order valence-corrected chi connectivity index (χ4v) is 5.78. The van der Waals surface area contributed by atoms with Crippen LogP contribution in [0.3, 0.4) is 0 Å². The van der Waals surface area contributed by atoms with E-state index in [0.717, 1.165) is 0 Å². The molecule has 0 saturated carbocycles. The average molecular weight is 741 g/mol. The molecule has 0 saturated heterocycles. The fourth-order valence-electron chi connectivity index (χ4n) is 4.28. The number of carbonyl (C=O) groups is 4. The minimum atomic E-state index is -0.451. The Bertz CT molecular complexity index is 2100. The maximum absolute atomic E-state index is 12.4. The lowest BCUT2D eigenvalue weighted by molar-refractivity contribution is 0.102. The molecule has 7 N–H and O–H groups in total. The van der Waals surface area contributed by atoms with Crippen LogP contribution >= 0.6 is 34.3 Å². The first-order chi connectivity index (χ1) is 24.5. The summed E-state index contributed by atoms with van der Waals surface area (Å²) in [5, 5.41) is 6.01. The zero-order valence-corrected chi connectivity index (χ0v) is 29.8. The first-order valence-corrected chi connectivity index (χ1v) is 17.1. The maximum atomic E-state index is 12.4. The van der Waals surface area contributed by atoms with Gasteiger partial charge in [-0.15, -0.1) is 22.7 Å². The molecule has 2 heterocycles. The highest BCUT2D eigenvalue weighted by atomic mass is 35.5. The number of benzene rings is 4. The van der Waals surface area contributed by atoms with E-state index in [1.54, 1.807) is 111 Å². The van der Waals surface area contributed by atoms with Crippen molar-refractivity contribution in [1.82, 2.24) is 0 Å². The molecule has 0 spiro atoms. The first kappa shape index (κ1) is 37.9. The molecule has 0 bridgehead atoms. The Morgan fingerprint density at radius 3 is 1.45 bits per heavy atom. The molecule has 13 heteroatoms. The molecule has 0 unspecified atom stereocenters. The Morgan fingerprint density at radius 2 is 1.02 bits per heavy atom. The molecular weight excluding hydrogens is 708 g/mol. The maximum Gasteiger partial charge on any atom is 0.255 e. The molecule has 0 aliphatic rings. The number of ether oxygens (including phenoxy) is 2. The first-order valence-electron chi connectivity index (χ1n) is 15.0. The van der Waals surface area contributed by atoms with Gasteiger partial charge >= 0.3 is 0 Å². The van der Waals surface area contributed by atoms with Gasteiger partial charge in [-0.1, -0.05) is 12.1 Å². The number of nitrogen functional groups attached to an aromatic ring is 3. The molecule has 6 rings (SSSR count). The summed E-state index contributed by atoms with van der Waals surface area (Å²) in [4.78, 5) is 48.6. The number of methoxy groups -OCH3 is 2. The SMILES string of the molecule is COc1ccc(C(=O)Cl)cc1.COc1ccc(C(=O)Nc2cc(C(=O)c3cccs3)ccc2N)cc1.Nc1ccc(C(=O)c2cccs2)cc1N. The van der Waals surface area contributed by atoms with Crippen molar-refractivity contribution in [3.05, 3.63) is 152 Å². The van der Waals surface area contributed by atoms with Crippen molar-refractivity contribution in [2.75, 3.05) is 36.7 Å². The number of nitrogens with one attached hydrogen (secondary N) is 1. The van der Waals surface area contributed by atoms with Crippen LogP contribution in [0.4, 0.5) is 22.7 Å². The van der Waals surface area contributed by atoms with Crippen LogP contribution < -0.4 is 32.0 Å². The topological polar surface area (TPSA) is 177 Å². The Labute approximate surface area is 307 Å². The molecule has 0 radical (unpaired) electrons. The van der Waals surface area contributed by atoms with Crippen LogP contribution in [0.2, 0.25) is 0 Å². The fraction of sp³-hybridized carbons (Fsp3) is 0.0526. The number of anilines is 4. The summed E-state index contributed by atoms with van der Waals surface area (Å²) in [6.07, 6.45) is 0. The summed E-state index contributed by atoms with van der Waals surface area (Å²) in [6, 6.07) is 30.4. The molecule has 2 aromatic heterocycles. The van der Waals surface area contributed by atoms with Crippen LogP contribution in [-0.4, -0.2) is 36.9 Å². The summed E-state index contributed by atoms with van der Waals surface area (Å²) < 4.78 is 9.97. The third-order valence-corrected chi connectivity index (χ3v) is 9.03. The van der Waals surface area contributed by atoms with E-state index < -0.39 is 5.24 Å². The Balaban J connectivity index is 0.000000190. The normalized spacial score (nSPS) is 10.0. The summed E-state index contributed by atoms with van der Waals surface area (Å²) in [5.74, 6) is 0.952. The zero-order valence-electron chi connectivity index (χ0n) is 27.4. The second-order valence-electron chi connectivity index (χ2n) is 10.4. The van der Waals surface area contributed by atoms with Gasteiger partial charge in [0.15, 0.2) is 0 Å². The van der Waals surface area contributed by atoms with E-state index in [1.165, 1.54) is 22.7 Å². The van der Waals surface area contributed by atoms with Gasteiger partial charge in [-0.3, -0.25) is 19.2 Å². The van der Waals surface area contributed by atoms with Crippen LogP contribution in [0, 0.1) is 0 Å². The lowest BCUT2D eigenvalue weighted by Crippen LogP contribution is -2.14. The van der Waals surface area contributed by atoms with Crippen molar-refractivity contribution < 1.29 is 28.7 Å². The van der Waals surface area contributed by atoms with Crippen LogP contribution in [0.25, 0.3) is 0 Å². The molecule has 4 aromatic carbocycles. The smallest absolute Gasteiger partial charge is 0.255 e. The third-order valence-electron chi connectivity index (χ3n) is 7.07. The number of carbonyl (C=O) groups excluding carboxylic acids is 4. The van der Waals surface area contributed by atoms with Crippen LogP contribution in [0.5, 0.6) is 11.5 Å². The number of rotatable bonds is 9. The number of hydrogen-bond acceptors (Lipinski definition) is 11. The van der Waals surface area contributed by atoms with Crippen LogP contribution in [0.15, 0.2) is 120 Å². The van der Waals surface area contributed by atoms with Crippen LogP contribution in [-0.2, 0) is 0 Å². The molecule has 1 amide bonds. The molecule has 0 atom stereocenters. The van der Waals surface area contributed by atoms with Crippen molar-refractivity contribution in [2.24, 2.45) is 0 Å². The molecule has 51 heavy (non-hydrogen) atoms. The largest absolute Gasteiger partial charge is 0.497 e. The highest BCUT2D eigenvalue weighted by molar-refractivity contribution is 7.12. The highest BCUT2D eigenvalue weighted by Crippen LogP contribution is 2.25. The molecule has 10 nitrogen and oxygen atoms in total. The lowest BCUT2D eigenvalue weighted by Gasteiger charge is -2.10. The van der Waals surface area contributed by atoms with E-state index in [9.17, 15) is 19.2 Å². The number of amides is 1. The van der Waals surface area contributed by atoms with E-state index >= 15 is 0 Å². The molecule has 6 aromatic rings. The van der Waals surface area contributed by atoms with E-state index in [1.807, 2.05) is 22.9 Å². The third kappa shape index (κ3) is 10.5. The average Bonchev–Trinajstić information content (AvgIpc) is 3.90. The van der Waals surface area contributed by atoms with E-state index in [0.29, 0.717) is 66.3 Å². The minimum absolute atomic E-state index is 0.0169. The highest BCUT2D eigenvalue weighted by Gasteiger charge is 2.14. The van der Waals surface area contributed by atoms with Gasteiger partial charge in [0.05, 0.1) is 46.7 Å². The van der Waals surface area contributed by atoms with E-state index in [2.05, 4.69) is 5.32 Å². The number of thiophene rings is 2. The van der Waals surface area contributed by atoms with Gasteiger partial charge in [-0.2, -0.15) is 0 Å². The van der Waals surface area contributed by atoms with Crippen molar-refractivity contribution in [1.29, 1.82) is 0 Å². The van der Waals surface area contributed by atoms with Gasteiger partial charge < -0.3 is 32.0 Å². The van der Waals surface area contributed by atoms with E-state index in [-0.39, 0.29) is 17.5 Å². The standard InChI is InChI=1S/C19H16N2O3S.C11H10N2OS.C8H7ClO2/c1-24-14-7-4-12(5-8-14)19(23)21-16-11-13(6-9-15(16)20)18(22)17-3-2-10-25-17;12-8-4-3-7(6-9(8)13)11(14)10-2-1-5-15-10;1-11-7-4-2-6(3-5-7)8(9)10/h2-11H,20H2,1H3,(H,21,23);1-6H,12-13H2;2-5H,1H3. The zero-order chi connectivity index (χ0) is 36.9.